The molecule has 92 valence electrons. The van der Waals surface area contributed by atoms with Crippen molar-refractivity contribution in [1.82, 2.24) is 9.88 Å². The number of carboxylic acid groups (broad SMARTS) is 1. The minimum Gasteiger partial charge on any atom is -0.543 e. The second-order valence-electron chi connectivity index (χ2n) is 3.73. The second kappa shape index (κ2) is 5.88. The zero-order valence-electron chi connectivity index (χ0n) is 10.0. The third-order valence-corrected chi connectivity index (χ3v) is 5.04. The van der Waals surface area contributed by atoms with Gasteiger partial charge in [-0.2, -0.15) is 0 Å². The SMILES string of the molecule is O=C([O-])C1=C(Sc2ccccn2)S[C@H]2CC(=O)N12.[Na+]. The summed E-state index contributed by atoms with van der Waals surface area (Å²) in [6.45, 7) is 0. The number of nitrogens with zero attached hydrogens (tertiary/aromatic N) is 2. The molecule has 1 aromatic heterocycles. The maximum Gasteiger partial charge on any atom is 1.00 e. The Morgan fingerprint density at radius 1 is 1.53 bits per heavy atom. The van der Waals surface area contributed by atoms with Crippen LogP contribution >= 0.6 is 23.5 Å². The first-order valence-corrected chi connectivity index (χ1v) is 6.89. The maximum absolute atomic E-state index is 11.4. The molecule has 1 atom stereocenters. The van der Waals surface area contributed by atoms with Gasteiger partial charge in [0.05, 0.1) is 27.7 Å². The van der Waals surface area contributed by atoms with Crippen molar-refractivity contribution >= 4 is 35.4 Å². The molecule has 1 aromatic rings. The van der Waals surface area contributed by atoms with Gasteiger partial charge >= 0.3 is 29.6 Å². The van der Waals surface area contributed by atoms with Crippen LogP contribution in [0.25, 0.3) is 0 Å². The van der Waals surface area contributed by atoms with E-state index in [0.29, 0.717) is 15.7 Å². The van der Waals surface area contributed by atoms with Gasteiger partial charge in [0.25, 0.3) is 0 Å². The molecule has 0 bridgehead atoms. The zero-order valence-corrected chi connectivity index (χ0v) is 13.7. The van der Waals surface area contributed by atoms with Crippen LogP contribution in [0.15, 0.2) is 39.4 Å². The Hall–Kier alpha value is -0.470. The fraction of sp³-hybridized carbons (Fsp3) is 0.182. The Labute approximate surface area is 140 Å². The summed E-state index contributed by atoms with van der Waals surface area (Å²) in [5, 5.41) is 11.7. The van der Waals surface area contributed by atoms with Crippen molar-refractivity contribution in [3.05, 3.63) is 34.3 Å². The summed E-state index contributed by atoms with van der Waals surface area (Å²) in [5.74, 6) is -1.47. The number of aromatic nitrogens is 1. The van der Waals surface area contributed by atoms with Gasteiger partial charge in [-0.05, 0) is 12.1 Å². The molecule has 0 saturated carbocycles. The Morgan fingerprint density at radius 2 is 2.32 bits per heavy atom. The molecule has 5 nitrogen and oxygen atoms in total. The number of β-lactam (4-membered cyclic amide) rings is 1. The average molecular weight is 302 g/mol. The first kappa shape index (κ1) is 14.9. The molecule has 1 amide bonds. The molecular weight excluding hydrogens is 295 g/mol. The summed E-state index contributed by atoms with van der Waals surface area (Å²) in [4.78, 5) is 27.9. The molecule has 3 rings (SSSR count). The van der Waals surface area contributed by atoms with Crippen LogP contribution < -0.4 is 34.7 Å². The quantitative estimate of drug-likeness (QED) is 0.450. The van der Waals surface area contributed by atoms with E-state index < -0.39 is 5.97 Å². The predicted octanol–water partition coefficient (Wildman–Crippen LogP) is -2.60. The van der Waals surface area contributed by atoms with E-state index in [4.69, 9.17) is 0 Å². The summed E-state index contributed by atoms with van der Waals surface area (Å²) >= 11 is 2.64. The molecule has 2 aliphatic rings. The van der Waals surface area contributed by atoms with Gasteiger partial charge in [-0.25, -0.2) is 4.98 Å². The zero-order chi connectivity index (χ0) is 12.7. The van der Waals surface area contributed by atoms with E-state index in [1.165, 1.54) is 28.4 Å². The number of aliphatic carboxylic acids is 1. The normalized spacial score (nSPS) is 20.7. The number of amides is 1. The van der Waals surface area contributed by atoms with Crippen LogP contribution in [-0.2, 0) is 9.59 Å². The minimum absolute atomic E-state index is 0. The van der Waals surface area contributed by atoms with Crippen LogP contribution in [0.4, 0.5) is 0 Å². The fourth-order valence-electron chi connectivity index (χ4n) is 1.78. The molecule has 0 unspecified atom stereocenters. The number of carbonyl (C=O) groups is 2. The van der Waals surface area contributed by atoms with Gasteiger partial charge in [-0.1, -0.05) is 29.6 Å². The molecule has 3 heterocycles. The summed E-state index contributed by atoms with van der Waals surface area (Å²) in [5.41, 5.74) is -0.0168. The fourth-order valence-corrected chi connectivity index (χ4v) is 4.39. The van der Waals surface area contributed by atoms with Crippen LogP contribution in [0.2, 0.25) is 0 Å². The topological polar surface area (TPSA) is 73.3 Å². The van der Waals surface area contributed by atoms with Gasteiger partial charge in [-0.15, -0.1) is 0 Å². The van der Waals surface area contributed by atoms with Crippen molar-refractivity contribution in [2.24, 2.45) is 0 Å². The second-order valence-corrected chi connectivity index (χ2v) is 6.21. The van der Waals surface area contributed by atoms with Crippen LogP contribution in [0.3, 0.4) is 0 Å². The van der Waals surface area contributed by atoms with E-state index in [9.17, 15) is 14.7 Å². The van der Waals surface area contributed by atoms with Crippen LogP contribution in [-0.4, -0.2) is 27.1 Å². The van der Waals surface area contributed by atoms with E-state index in [1.54, 1.807) is 18.3 Å². The molecule has 2 aliphatic heterocycles. The summed E-state index contributed by atoms with van der Waals surface area (Å²) < 4.78 is 0.574. The number of fused-ring (bicyclic) bond motifs is 1. The third-order valence-electron chi connectivity index (χ3n) is 2.61. The first-order valence-electron chi connectivity index (χ1n) is 5.20. The Kier molecular flexibility index (Phi) is 4.62. The van der Waals surface area contributed by atoms with Crippen molar-refractivity contribution in [1.29, 1.82) is 0 Å². The van der Waals surface area contributed by atoms with Crippen molar-refractivity contribution in [3.63, 3.8) is 0 Å². The smallest absolute Gasteiger partial charge is 0.543 e. The predicted molar refractivity (Wildman–Crippen MR) is 65.0 cm³/mol. The summed E-state index contributed by atoms with van der Waals surface area (Å²) in [6, 6.07) is 5.41. The number of hydrogen-bond donors (Lipinski definition) is 0. The molecule has 1 saturated heterocycles. The minimum atomic E-state index is -1.31. The van der Waals surface area contributed by atoms with Crippen LogP contribution in [0.5, 0.6) is 0 Å². The number of pyridine rings is 1. The van der Waals surface area contributed by atoms with E-state index in [2.05, 4.69) is 4.98 Å². The standard InChI is InChI=1S/C11H8N2O3S2.Na/c14-7-5-8-13(7)9(10(15)16)11(18-8)17-6-3-1-2-4-12-6;/h1-4,8H,5H2,(H,15,16);/q;+1/p-1/t8-;/m0./s1. The third kappa shape index (κ3) is 2.71. The van der Waals surface area contributed by atoms with Crippen molar-refractivity contribution in [2.45, 2.75) is 16.8 Å². The molecule has 1 fully saturated rings. The van der Waals surface area contributed by atoms with Gasteiger partial charge < -0.3 is 9.90 Å². The monoisotopic (exact) mass is 302 g/mol. The van der Waals surface area contributed by atoms with E-state index in [0.717, 1.165) is 0 Å². The van der Waals surface area contributed by atoms with Gasteiger partial charge in [0.15, 0.2) is 0 Å². The van der Waals surface area contributed by atoms with Gasteiger partial charge in [0, 0.05) is 6.20 Å². The Balaban J connectivity index is 0.00000133. The van der Waals surface area contributed by atoms with Crippen LogP contribution in [0, 0.1) is 0 Å². The number of hydrogen-bond acceptors (Lipinski definition) is 6. The average Bonchev–Trinajstić information content (AvgIpc) is 2.63. The molecular formula is C11H7N2NaO3S2. The molecule has 0 N–H and O–H groups in total. The molecule has 0 radical (unpaired) electrons. The van der Waals surface area contributed by atoms with Crippen molar-refractivity contribution < 1.29 is 44.3 Å². The Bertz CT molecular complexity index is 564. The van der Waals surface area contributed by atoms with Gasteiger partial charge in [-0.3, -0.25) is 9.69 Å². The molecule has 0 aliphatic carbocycles. The Morgan fingerprint density at radius 3 is 2.89 bits per heavy atom. The van der Waals surface area contributed by atoms with Crippen molar-refractivity contribution in [3.8, 4) is 0 Å². The van der Waals surface area contributed by atoms with Crippen LogP contribution in [0.1, 0.15) is 6.42 Å². The van der Waals surface area contributed by atoms with Gasteiger partial charge in [0.2, 0.25) is 5.91 Å². The number of thioether (sulfide) groups is 2. The molecule has 0 aromatic carbocycles. The number of carboxylic acids is 1. The largest absolute Gasteiger partial charge is 1.00 e. The summed E-state index contributed by atoms with van der Waals surface area (Å²) in [7, 11) is 0. The van der Waals surface area contributed by atoms with Gasteiger partial charge in [0.1, 0.15) is 5.03 Å². The molecule has 8 heteroatoms. The molecule has 19 heavy (non-hydrogen) atoms. The summed E-state index contributed by atoms with van der Waals surface area (Å²) in [6.07, 6.45) is 2.02. The number of rotatable bonds is 3. The van der Waals surface area contributed by atoms with E-state index >= 15 is 0 Å². The maximum atomic E-state index is 11.4. The van der Waals surface area contributed by atoms with E-state index in [1.807, 2.05) is 6.07 Å². The first-order chi connectivity index (χ1) is 8.66. The van der Waals surface area contributed by atoms with Crippen molar-refractivity contribution in [2.75, 3.05) is 0 Å². The molecule has 0 spiro atoms. The number of carbonyl (C=O) groups excluding carboxylic acids is 2. The van der Waals surface area contributed by atoms with E-state index in [-0.39, 0.29) is 46.5 Å².